The Morgan fingerprint density at radius 2 is 2.50 bits per heavy atom. The number of hydrogen-bond donors (Lipinski definition) is 2. The van der Waals surface area contributed by atoms with E-state index in [2.05, 4.69) is 25.3 Å². The zero-order chi connectivity index (χ0) is 10.8. The molecule has 1 unspecified atom stereocenters. The van der Waals surface area contributed by atoms with Gasteiger partial charge in [0.2, 0.25) is 0 Å². The van der Waals surface area contributed by atoms with Crippen LogP contribution in [-0.2, 0) is 6.42 Å². The lowest BCUT2D eigenvalue weighted by Gasteiger charge is -2.21. The van der Waals surface area contributed by atoms with E-state index in [1.807, 2.05) is 11.8 Å². The molecule has 0 aliphatic carbocycles. The van der Waals surface area contributed by atoms with E-state index in [0.717, 1.165) is 35.7 Å². The second-order valence-electron chi connectivity index (χ2n) is 3.87. The van der Waals surface area contributed by atoms with Crippen LogP contribution in [0.5, 0.6) is 0 Å². The van der Waals surface area contributed by atoms with Crippen molar-refractivity contribution in [3.8, 4) is 0 Å². The Hall–Kier alpha value is -1.14. The molecule has 0 radical (unpaired) electrons. The highest BCUT2D eigenvalue weighted by molar-refractivity contribution is 7.99. The molecular weight excluding hydrogens is 222 g/mol. The van der Waals surface area contributed by atoms with E-state index in [-0.39, 0.29) is 0 Å². The fraction of sp³-hybridized carbons (Fsp3) is 0.500. The molecule has 84 valence electrons. The second kappa shape index (κ2) is 4.39. The average Bonchev–Trinajstić information content (AvgIpc) is 2.72. The van der Waals surface area contributed by atoms with Gasteiger partial charge >= 0.3 is 0 Å². The van der Waals surface area contributed by atoms with Crippen LogP contribution >= 0.6 is 11.8 Å². The number of aromatic nitrogens is 4. The molecule has 3 rings (SSSR count). The van der Waals surface area contributed by atoms with Gasteiger partial charge in [-0.2, -0.15) is 11.8 Å². The van der Waals surface area contributed by atoms with Crippen LogP contribution in [-0.4, -0.2) is 44.0 Å². The smallest absolute Gasteiger partial charge is 0.180 e. The molecule has 16 heavy (non-hydrogen) atoms. The van der Waals surface area contributed by atoms with E-state index in [9.17, 15) is 0 Å². The van der Waals surface area contributed by atoms with Gasteiger partial charge in [-0.05, 0) is 0 Å². The number of imidazole rings is 1. The minimum absolute atomic E-state index is 0.521. The van der Waals surface area contributed by atoms with E-state index in [0.29, 0.717) is 6.04 Å². The molecule has 0 saturated carbocycles. The van der Waals surface area contributed by atoms with Gasteiger partial charge in [0.15, 0.2) is 5.65 Å². The molecular formula is C10H13N5S. The molecule has 1 aliphatic rings. The number of hydrogen-bond acceptors (Lipinski definition) is 5. The van der Waals surface area contributed by atoms with Crippen molar-refractivity contribution < 1.29 is 0 Å². The summed E-state index contributed by atoms with van der Waals surface area (Å²) in [6.45, 7) is 1.09. The maximum Gasteiger partial charge on any atom is 0.180 e. The van der Waals surface area contributed by atoms with Crippen molar-refractivity contribution in [3.63, 3.8) is 0 Å². The van der Waals surface area contributed by atoms with Gasteiger partial charge < -0.3 is 10.3 Å². The minimum atomic E-state index is 0.521. The Labute approximate surface area is 97.5 Å². The van der Waals surface area contributed by atoms with Gasteiger partial charge in [-0.3, -0.25) is 0 Å². The molecule has 1 aliphatic heterocycles. The predicted octanol–water partition coefficient (Wildman–Crippen LogP) is 0.600. The van der Waals surface area contributed by atoms with Crippen LogP contribution in [0.15, 0.2) is 12.5 Å². The third-order valence-corrected chi connectivity index (χ3v) is 3.78. The molecule has 1 fully saturated rings. The van der Waals surface area contributed by atoms with Crippen LogP contribution in [0.25, 0.3) is 11.2 Å². The minimum Gasteiger partial charge on any atom is -0.339 e. The maximum absolute atomic E-state index is 4.45. The number of fused-ring (bicyclic) bond motifs is 1. The van der Waals surface area contributed by atoms with Crippen molar-refractivity contribution in [2.45, 2.75) is 12.5 Å². The van der Waals surface area contributed by atoms with Crippen molar-refractivity contribution in [3.05, 3.63) is 18.3 Å². The lowest BCUT2D eigenvalue weighted by molar-refractivity contribution is 0.553. The molecule has 0 spiro atoms. The SMILES string of the molecule is c1ncc2[nH]c(CC3CSCCN3)nc2n1. The van der Waals surface area contributed by atoms with Crippen LogP contribution in [0.4, 0.5) is 0 Å². The van der Waals surface area contributed by atoms with Gasteiger partial charge in [-0.25, -0.2) is 15.0 Å². The van der Waals surface area contributed by atoms with Gasteiger partial charge in [0.1, 0.15) is 17.7 Å². The van der Waals surface area contributed by atoms with Crippen LogP contribution < -0.4 is 5.32 Å². The van der Waals surface area contributed by atoms with Crippen LogP contribution in [0.1, 0.15) is 5.82 Å². The third kappa shape index (κ3) is 2.03. The third-order valence-electron chi connectivity index (χ3n) is 2.65. The topological polar surface area (TPSA) is 66.5 Å². The van der Waals surface area contributed by atoms with Crippen molar-refractivity contribution in [2.75, 3.05) is 18.1 Å². The van der Waals surface area contributed by atoms with Crippen molar-refractivity contribution in [2.24, 2.45) is 0 Å². The molecule has 1 atom stereocenters. The van der Waals surface area contributed by atoms with Crippen molar-refractivity contribution >= 4 is 22.9 Å². The number of nitrogens with zero attached hydrogens (tertiary/aromatic N) is 3. The first-order valence-corrected chi connectivity index (χ1v) is 6.53. The first kappa shape index (κ1) is 10.0. The Bertz CT molecular complexity index is 444. The molecule has 3 heterocycles. The van der Waals surface area contributed by atoms with E-state index >= 15 is 0 Å². The van der Waals surface area contributed by atoms with Crippen molar-refractivity contribution in [1.82, 2.24) is 25.3 Å². The van der Waals surface area contributed by atoms with Crippen LogP contribution in [0, 0.1) is 0 Å². The number of nitrogens with one attached hydrogen (secondary N) is 2. The number of rotatable bonds is 2. The van der Waals surface area contributed by atoms with Gasteiger partial charge in [0.25, 0.3) is 0 Å². The molecule has 1 saturated heterocycles. The Kier molecular flexibility index (Phi) is 2.75. The van der Waals surface area contributed by atoms with E-state index in [1.54, 1.807) is 6.20 Å². The molecule has 0 amide bonds. The summed E-state index contributed by atoms with van der Waals surface area (Å²) >= 11 is 2.00. The Morgan fingerprint density at radius 1 is 1.50 bits per heavy atom. The van der Waals surface area contributed by atoms with Gasteiger partial charge in [-0.15, -0.1) is 0 Å². The fourth-order valence-electron chi connectivity index (χ4n) is 1.89. The molecule has 2 aromatic rings. The lowest BCUT2D eigenvalue weighted by atomic mass is 10.2. The molecule has 5 nitrogen and oxygen atoms in total. The highest BCUT2D eigenvalue weighted by Crippen LogP contribution is 2.13. The standard InChI is InChI=1S/C10H13N5S/c1-2-16-5-7(12-1)3-9-14-8-4-11-6-13-10(8)15-9/h4,6-7,12H,1-3,5H2,(H,11,13,14,15). The van der Waals surface area contributed by atoms with Crippen molar-refractivity contribution in [1.29, 1.82) is 0 Å². The summed E-state index contributed by atoms with van der Waals surface area (Å²) in [5.74, 6) is 3.36. The molecule has 2 aromatic heterocycles. The molecule has 2 N–H and O–H groups in total. The quantitative estimate of drug-likeness (QED) is 0.798. The normalized spacial score (nSPS) is 21.4. The summed E-state index contributed by atoms with van der Waals surface area (Å²) in [5.41, 5.74) is 1.68. The summed E-state index contributed by atoms with van der Waals surface area (Å²) in [4.78, 5) is 15.8. The second-order valence-corrected chi connectivity index (χ2v) is 5.02. The zero-order valence-corrected chi connectivity index (χ0v) is 9.63. The summed E-state index contributed by atoms with van der Waals surface area (Å²) < 4.78 is 0. The van der Waals surface area contributed by atoms with E-state index in [1.165, 1.54) is 12.1 Å². The largest absolute Gasteiger partial charge is 0.339 e. The Morgan fingerprint density at radius 3 is 3.31 bits per heavy atom. The summed E-state index contributed by atoms with van der Waals surface area (Å²) in [7, 11) is 0. The number of H-pyrrole nitrogens is 1. The summed E-state index contributed by atoms with van der Waals surface area (Å²) in [6.07, 6.45) is 4.23. The van der Waals surface area contributed by atoms with E-state index in [4.69, 9.17) is 0 Å². The molecule has 0 aromatic carbocycles. The monoisotopic (exact) mass is 235 g/mol. The van der Waals surface area contributed by atoms with Gasteiger partial charge in [0, 0.05) is 30.5 Å². The zero-order valence-electron chi connectivity index (χ0n) is 8.81. The molecule has 6 heteroatoms. The maximum atomic E-state index is 4.45. The summed E-state index contributed by atoms with van der Waals surface area (Å²) in [6, 6.07) is 0.521. The first-order valence-electron chi connectivity index (χ1n) is 5.37. The van der Waals surface area contributed by atoms with E-state index < -0.39 is 0 Å². The number of thioether (sulfide) groups is 1. The molecule has 0 bridgehead atoms. The first-order chi connectivity index (χ1) is 7.92. The highest BCUT2D eigenvalue weighted by atomic mass is 32.2. The van der Waals surface area contributed by atoms with Crippen LogP contribution in [0.3, 0.4) is 0 Å². The fourth-order valence-corrected chi connectivity index (χ4v) is 2.84. The predicted molar refractivity (Wildman–Crippen MR) is 64.5 cm³/mol. The lowest BCUT2D eigenvalue weighted by Crippen LogP contribution is -2.39. The Balaban J connectivity index is 1.78. The highest BCUT2D eigenvalue weighted by Gasteiger charge is 2.15. The number of aromatic amines is 1. The summed E-state index contributed by atoms with van der Waals surface area (Å²) in [5, 5.41) is 3.50. The average molecular weight is 235 g/mol. The van der Waals surface area contributed by atoms with Crippen LogP contribution in [0.2, 0.25) is 0 Å². The van der Waals surface area contributed by atoms with Gasteiger partial charge in [-0.1, -0.05) is 0 Å². The van der Waals surface area contributed by atoms with Gasteiger partial charge in [0.05, 0.1) is 6.20 Å².